The van der Waals surface area contributed by atoms with Crippen molar-refractivity contribution in [1.82, 2.24) is 4.98 Å². The summed E-state index contributed by atoms with van der Waals surface area (Å²) in [7, 11) is 1.21. The monoisotopic (exact) mass is 422 g/mol. The highest BCUT2D eigenvalue weighted by Gasteiger charge is 2.29. The van der Waals surface area contributed by atoms with E-state index in [0.29, 0.717) is 37.7 Å². The van der Waals surface area contributed by atoms with E-state index >= 15 is 0 Å². The lowest BCUT2D eigenvalue weighted by atomic mass is 10.1. The molecule has 0 saturated carbocycles. The molecule has 0 aliphatic carbocycles. The second-order valence-electron chi connectivity index (χ2n) is 7.19. The van der Waals surface area contributed by atoms with Crippen LogP contribution >= 0.6 is 0 Å². The number of nitrogens with zero attached hydrogens (tertiary/aromatic N) is 3. The molecule has 1 fully saturated rings. The van der Waals surface area contributed by atoms with E-state index in [1.54, 1.807) is 18.3 Å². The zero-order chi connectivity index (χ0) is 22.0. The van der Waals surface area contributed by atoms with Crippen LogP contribution in [0.25, 0.3) is 10.9 Å². The third-order valence-corrected chi connectivity index (χ3v) is 5.30. The van der Waals surface area contributed by atoms with Gasteiger partial charge in [0.2, 0.25) is 0 Å². The van der Waals surface area contributed by atoms with Gasteiger partial charge in [0.25, 0.3) is 0 Å². The Balaban J connectivity index is 1.89. The van der Waals surface area contributed by atoms with Gasteiger partial charge in [-0.25, -0.2) is 4.79 Å². The number of hydrogen-bond donors (Lipinski definition) is 1. The van der Waals surface area contributed by atoms with Crippen LogP contribution in [-0.2, 0) is 9.47 Å². The number of anilines is 3. The number of aromatic nitrogens is 1. The first kappa shape index (κ1) is 20.5. The van der Waals surface area contributed by atoms with Gasteiger partial charge < -0.3 is 19.7 Å². The zero-order valence-corrected chi connectivity index (χ0v) is 17.3. The molecule has 0 atom stereocenters. The lowest BCUT2D eigenvalue weighted by Crippen LogP contribution is -2.36. The summed E-state index contributed by atoms with van der Waals surface area (Å²) < 4.78 is 10.2. The highest BCUT2D eigenvalue weighted by molar-refractivity contribution is 6.01. The van der Waals surface area contributed by atoms with E-state index in [-0.39, 0.29) is 16.9 Å². The maximum atomic E-state index is 12.4. The van der Waals surface area contributed by atoms with Crippen LogP contribution in [-0.4, -0.2) is 49.3 Å². The number of nitro groups is 1. The summed E-state index contributed by atoms with van der Waals surface area (Å²) in [6.07, 6.45) is 1.64. The van der Waals surface area contributed by atoms with Gasteiger partial charge in [-0.05, 0) is 36.8 Å². The fourth-order valence-electron chi connectivity index (χ4n) is 3.82. The summed E-state index contributed by atoms with van der Waals surface area (Å²) in [5, 5.41) is 16.0. The normalized spacial score (nSPS) is 13.8. The van der Waals surface area contributed by atoms with Gasteiger partial charge in [0, 0.05) is 36.0 Å². The SMILES string of the molecule is COC(=O)c1cc(N2CCOCC2)cc(Nc2ccnc3cccc(C)c23)c1[N+](=O)[O-]. The van der Waals surface area contributed by atoms with Crippen LogP contribution in [0.5, 0.6) is 0 Å². The second kappa shape index (κ2) is 8.57. The Hall–Kier alpha value is -3.72. The number of nitro benzene ring substituents is 1. The fourth-order valence-corrected chi connectivity index (χ4v) is 3.82. The molecule has 0 amide bonds. The molecule has 1 saturated heterocycles. The van der Waals surface area contributed by atoms with Crippen molar-refractivity contribution < 1.29 is 19.2 Å². The quantitative estimate of drug-likeness (QED) is 0.376. The summed E-state index contributed by atoms with van der Waals surface area (Å²) in [5.74, 6) is -0.763. The number of carbonyl (C=O) groups is 1. The van der Waals surface area contributed by atoms with E-state index in [0.717, 1.165) is 16.5 Å². The van der Waals surface area contributed by atoms with Crippen molar-refractivity contribution in [3.05, 3.63) is 63.8 Å². The summed E-state index contributed by atoms with van der Waals surface area (Å²) in [4.78, 5) is 30.3. The average molecular weight is 422 g/mol. The van der Waals surface area contributed by atoms with Crippen LogP contribution < -0.4 is 10.2 Å². The molecule has 1 aliphatic heterocycles. The maximum absolute atomic E-state index is 12.4. The van der Waals surface area contributed by atoms with Crippen LogP contribution in [0.15, 0.2) is 42.6 Å². The number of ether oxygens (including phenoxy) is 2. The van der Waals surface area contributed by atoms with Gasteiger partial charge in [-0.1, -0.05) is 12.1 Å². The molecule has 1 N–H and O–H groups in total. The molecule has 2 heterocycles. The summed E-state index contributed by atoms with van der Waals surface area (Å²) in [5.41, 5.74) is 2.88. The molecule has 9 nitrogen and oxygen atoms in total. The van der Waals surface area contributed by atoms with Crippen molar-refractivity contribution in [2.45, 2.75) is 6.92 Å². The predicted molar refractivity (Wildman–Crippen MR) is 117 cm³/mol. The number of pyridine rings is 1. The minimum atomic E-state index is -0.763. The molecule has 1 aliphatic rings. The van der Waals surface area contributed by atoms with E-state index < -0.39 is 10.9 Å². The van der Waals surface area contributed by atoms with Gasteiger partial charge in [-0.15, -0.1) is 0 Å². The molecule has 1 aromatic heterocycles. The maximum Gasteiger partial charge on any atom is 0.345 e. The minimum absolute atomic E-state index is 0.103. The van der Waals surface area contributed by atoms with Crippen LogP contribution in [0.3, 0.4) is 0 Å². The molecule has 0 spiro atoms. The summed E-state index contributed by atoms with van der Waals surface area (Å²) >= 11 is 0. The third kappa shape index (κ3) is 3.99. The lowest BCUT2D eigenvalue weighted by Gasteiger charge is -2.29. The average Bonchev–Trinajstić information content (AvgIpc) is 2.78. The third-order valence-electron chi connectivity index (χ3n) is 5.30. The Morgan fingerprint density at radius 2 is 2.00 bits per heavy atom. The molecule has 160 valence electrons. The van der Waals surface area contributed by atoms with E-state index in [4.69, 9.17) is 9.47 Å². The van der Waals surface area contributed by atoms with Crippen LogP contribution in [0.4, 0.5) is 22.7 Å². The standard InChI is InChI=1S/C22H22N4O5/c1-14-4-3-5-17-20(14)18(6-7-23-17)24-19-13-15(25-8-10-31-11-9-25)12-16(22(27)30-2)21(19)26(28)29/h3-7,12-13H,8-11H2,1-2H3,(H,23,24). The van der Waals surface area contributed by atoms with Crippen molar-refractivity contribution in [3.8, 4) is 0 Å². The smallest absolute Gasteiger partial charge is 0.345 e. The number of morpholine rings is 1. The largest absolute Gasteiger partial charge is 0.465 e. The fraction of sp³-hybridized carbons (Fsp3) is 0.273. The number of aryl methyl sites for hydroxylation is 1. The molecule has 3 aromatic rings. The number of nitrogens with one attached hydrogen (secondary N) is 1. The number of esters is 1. The highest BCUT2D eigenvalue weighted by atomic mass is 16.6. The van der Waals surface area contributed by atoms with Crippen LogP contribution in [0, 0.1) is 17.0 Å². The molecule has 9 heteroatoms. The second-order valence-corrected chi connectivity index (χ2v) is 7.19. The van der Waals surface area contributed by atoms with Crippen molar-refractivity contribution in [2.75, 3.05) is 43.6 Å². The number of benzene rings is 2. The molecule has 2 aromatic carbocycles. The Bertz CT molecular complexity index is 1150. The molecule has 0 radical (unpaired) electrons. The Kier molecular flexibility index (Phi) is 5.68. The molecule has 31 heavy (non-hydrogen) atoms. The first-order chi connectivity index (χ1) is 15.0. The van der Waals surface area contributed by atoms with Crippen LogP contribution in [0.2, 0.25) is 0 Å². The lowest BCUT2D eigenvalue weighted by molar-refractivity contribution is -0.384. The first-order valence-corrected chi connectivity index (χ1v) is 9.84. The topological polar surface area (TPSA) is 107 Å². The minimum Gasteiger partial charge on any atom is -0.465 e. The van der Waals surface area contributed by atoms with Crippen molar-refractivity contribution in [2.24, 2.45) is 0 Å². The van der Waals surface area contributed by atoms with Gasteiger partial charge in [0.15, 0.2) is 0 Å². The summed E-state index contributed by atoms with van der Waals surface area (Å²) in [6, 6.07) is 10.7. The number of hydrogen-bond acceptors (Lipinski definition) is 8. The van der Waals surface area contributed by atoms with Gasteiger partial charge in [-0.3, -0.25) is 15.1 Å². The molecule has 4 rings (SSSR count). The molecule has 0 unspecified atom stereocenters. The Morgan fingerprint density at radius 3 is 2.71 bits per heavy atom. The van der Waals surface area contributed by atoms with Gasteiger partial charge >= 0.3 is 11.7 Å². The zero-order valence-electron chi connectivity index (χ0n) is 17.3. The predicted octanol–water partition coefficient (Wildman–Crippen LogP) is 3.82. The Labute approximate surface area is 178 Å². The van der Waals surface area contributed by atoms with E-state index in [1.165, 1.54) is 13.2 Å². The summed E-state index contributed by atoms with van der Waals surface area (Å²) in [6.45, 7) is 4.28. The molecular weight excluding hydrogens is 400 g/mol. The van der Waals surface area contributed by atoms with Gasteiger partial charge in [0.1, 0.15) is 11.3 Å². The highest BCUT2D eigenvalue weighted by Crippen LogP contribution is 2.38. The van der Waals surface area contributed by atoms with Gasteiger partial charge in [0.05, 0.1) is 30.8 Å². The Morgan fingerprint density at radius 1 is 1.23 bits per heavy atom. The van der Waals surface area contributed by atoms with Crippen LogP contribution in [0.1, 0.15) is 15.9 Å². The molecular formula is C22H22N4O5. The van der Waals surface area contributed by atoms with Crippen molar-refractivity contribution in [3.63, 3.8) is 0 Å². The number of carbonyl (C=O) groups excluding carboxylic acids is 1. The van der Waals surface area contributed by atoms with Crippen molar-refractivity contribution in [1.29, 1.82) is 0 Å². The van der Waals surface area contributed by atoms with E-state index in [1.807, 2.05) is 30.0 Å². The van der Waals surface area contributed by atoms with E-state index in [2.05, 4.69) is 10.3 Å². The number of fused-ring (bicyclic) bond motifs is 1. The van der Waals surface area contributed by atoms with E-state index in [9.17, 15) is 14.9 Å². The van der Waals surface area contributed by atoms with Gasteiger partial charge in [-0.2, -0.15) is 0 Å². The van der Waals surface area contributed by atoms with Crippen molar-refractivity contribution >= 4 is 39.6 Å². The number of methoxy groups -OCH3 is 1. The first-order valence-electron chi connectivity index (χ1n) is 9.84. The molecule has 0 bridgehead atoms. The number of rotatable bonds is 5.